The molecule has 0 aliphatic heterocycles. The molecule has 2 fully saturated rings. The molecule has 44 heavy (non-hydrogen) atoms. The van der Waals surface area contributed by atoms with E-state index in [1.54, 1.807) is 0 Å². The molecule has 2 aliphatic carbocycles. The number of rotatable bonds is 8. The second-order valence-corrected chi connectivity index (χ2v) is 12.4. The van der Waals surface area contributed by atoms with Crippen molar-refractivity contribution in [1.82, 2.24) is 39.0 Å². The molecule has 0 saturated heterocycles. The normalized spacial score (nSPS) is 16.7. The summed E-state index contributed by atoms with van der Waals surface area (Å²) in [5.74, 6) is 3.85. The number of aromatic amines is 2. The minimum atomic E-state index is 0.340. The summed E-state index contributed by atoms with van der Waals surface area (Å²) in [6.07, 6.45) is 13.1. The fourth-order valence-electron chi connectivity index (χ4n) is 6.02. The van der Waals surface area contributed by atoms with Crippen LogP contribution < -0.4 is 11.0 Å². The standard InChI is InChI=1S/C17H25N5.C17H21N5/c1-2-18-16-14-17(21-15(20-14)13-8-9-13)22(11-19-16)10-12-6-4-3-5-7-12;1-4-18-16-14-17(21-15(20-14)12(2)3)22(11-19-16)10-13-8-6-5-7-9-13/h11-13H,2-10H2,1H3,(H,20,21);5-9,11-12H,4,10H2,1-3H3,(H,20,21). The molecule has 4 heterocycles. The fourth-order valence-corrected chi connectivity index (χ4v) is 6.02. The highest BCUT2D eigenvalue weighted by molar-refractivity contribution is 5.70. The first-order chi connectivity index (χ1) is 21.5. The Balaban J connectivity index is 0.000000156. The van der Waals surface area contributed by atoms with E-state index in [-0.39, 0.29) is 0 Å². The largest absolute Gasteiger partial charge is 0.337 e. The molecule has 0 radical (unpaired) electrons. The lowest BCUT2D eigenvalue weighted by Gasteiger charge is -2.22. The van der Waals surface area contributed by atoms with Crippen molar-refractivity contribution in [3.8, 4) is 0 Å². The molecule has 2 saturated carbocycles. The zero-order chi connectivity index (χ0) is 30.5. The lowest BCUT2D eigenvalue weighted by Crippen LogP contribution is -2.19. The van der Waals surface area contributed by atoms with Crippen LogP contribution in [0.1, 0.15) is 102 Å². The van der Waals surface area contributed by atoms with Gasteiger partial charge < -0.3 is 19.1 Å². The predicted molar refractivity (Wildman–Crippen MR) is 174 cm³/mol. The van der Waals surface area contributed by atoms with E-state index < -0.39 is 0 Å². The van der Waals surface area contributed by atoms with E-state index in [9.17, 15) is 0 Å². The topological polar surface area (TPSA) is 118 Å². The average Bonchev–Trinajstić information content (AvgIpc) is 3.61. The first-order valence-electron chi connectivity index (χ1n) is 16.5. The summed E-state index contributed by atoms with van der Waals surface area (Å²) in [5.41, 5.74) is 6.69. The molecule has 4 aromatic heterocycles. The summed E-state index contributed by atoms with van der Waals surface area (Å²) < 4.78 is 4.32. The van der Waals surface area contributed by atoms with Gasteiger partial charge >= 0.3 is 0 Å². The first-order valence-corrected chi connectivity index (χ1v) is 16.5. The maximum absolute atomic E-state index is 4.89. The van der Waals surface area contributed by atoms with E-state index in [0.29, 0.717) is 18.4 Å². The second-order valence-electron chi connectivity index (χ2n) is 12.4. The van der Waals surface area contributed by atoms with E-state index in [1.807, 2.05) is 37.8 Å². The molecule has 7 rings (SSSR count). The van der Waals surface area contributed by atoms with Crippen molar-refractivity contribution in [3.63, 3.8) is 0 Å². The summed E-state index contributed by atoms with van der Waals surface area (Å²) >= 11 is 0. The molecule has 2 N–H and O–H groups in total. The maximum Gasteiger partial charge on any atom is 0.176 e. The van der Waals surface area contributed by atoms with Gasteiger partial charge in [-0.2, -0.15) is 0 Å². The molecule has 0 spiro atoms. The molecular weight excluding hydrogens is 548 g/mol. The minimum Gasteiger partial charge on any atom is -0.337 e. The molecule has 0 unspecified atom stereocenters. The van der Waals surface area contributed by atoms with Gasteiger partial charge in [0.15, 0.2) is 22.3 Å². The molecule has 10 nitrogen and oxygen atoms in total. The maximum atomic E-state index is 4.89. The number of hydrogen-bond donors (Lipinski definition) is 2. The SMILES string of the molecule is CCN=c1ncn(CC2CCCCC2)c2nc(C3CC3)[nH]c12.CCN=c1ncn(Cc2ccccc2)c2nc(C(C)C)[nH]c12. The lowest BCUT2D eigenvalue weighted by molar-refractivity contribution is 0.320. The Hall–Kier alpha value is -4.08. The third kappa shape index (κ3) is 6.84. The van der Waals surface area contributed by atoms with Crippen LogP contribution in [0.25, 0.3) is 22.3 Å². The van der Waals surface area contributed by atoms with Crippen LogP contribution in [0.4, 0.5) is 0 Å². The average molecular weight is 595 g/mol. The number of aromatic nitrogens is 8. The molecule has 2 aliphatic rings. The van der Waals surface area contributed by atoms with Gasteiger partial charge in [0, 0.05) is 31.5 Å². The van der Waals surface area contributed by atoms with Gasteiger partial charge in [-0.05, 0) is 51.0 Å². The second kappa shape index (κ2) is 13.7. The third-order valence-corrected chi connectivity index (χ3v) is 8.54. The predicted octanol–water partition coefficient (Wildman–Crippen LogP) is 5.99. The van der Waals surface area contributed by atoms with Crippen molar-refractivity contribution in [1.29, 1.82) is 0 Å². The molecule has 0 amide bonds. The Morgan fingerprint density at radius 2 is 1.43 bits per heavy atom. The fraction of sp³-hybridized carbons (Fsp3) is 0.529. The summed E-state index contributed by atoms with van der Waals surface area (Å²) in [4.78, 5) is 34.6. The number of nitrogens with zero attached hydrogens (tertiary/aromatic N) is 8. The third-order valence-electron chi connectivity index (χ3n) is 8.54. The molecule has 0 atom stereocenters. The molecule has 5 aromatic rings. The number of H-pyrrole nitrogens is 2. The number of benzene rings is 1. The van der Waals surface area contributed by atoms with Crippen LogP contribution in [0.15, 0.2) is 53.0 Å². The van der Waals surface area contributed by atoms with Crippen molar-refractivity contribution in [3.05, 3.63) is 71.2 Å². The number of imidazole rings is 2. The first kappa shape index (κ1) is 30.0. The van der Waals surface area contributed by atoms with E-state index >= 15 is 0 Å². The van der Waals surface area contributed by atoms with Gasteiger partial charge in [0.1, 0.15) is 22.7 Å². The van der Waals surface area contributed by atoms with Gasteiger partial charge in [0.05, 0.1) is 19.2 Å². The van der Waals surface area contributed by atoms with Gasteiger partial charge in [-0.15, -0.1) is 0 Å². The molecule has 10 heteroatoms. The van der Waals surface area contributed by atoms with Crippen LogP contribution >= 0.6 is 0 Å². The Bertz CT molecular complexity index is 1810. The summed E-state index contributed by atoms with van der Waals surface area (Å²) in [6.45, 7) is 11.6. The number of fused-ring (bicyclic) bond motifs is 2. The lowest BCUT2D eigenvalue weighted by atomic mass is 9.89. The summed E-state index contributed by atoms with van der Waals surface area (Å²) in [6, 6.07) is 10.3. The van der Waals surface area contributed by atoms with Crippen LogP contribution in [0.5, 0.6) is 0 Å². The molecule has 0 bridgehead atoms. The van der Waals surface area contributed by atoms with Crippen LogP contribution in [0.2, 0.25) is 0 Å². The zero-order valence-corrected chi connectivity index (χ0v) is 26.6. The quantitative estimate of drug-likeness (QED) is 0.229. The molecule has 232 valence electrons. The van der Waals surface area contributed by atoms with Crippen molar-refractivity contribution in [2.45, 2.75) is 97.6 Å². The van der Waals surface area contributed by atoms with Gasteiger partial charge in [0.2, 0.25) is 0 Å². The van der Waals surface area contributed by atoms with Gasteiger partial charge in [0.25, 0.3) is 0 Å². The zero-order valence-electron chi connectivity index (χ0n) is 26.6. The van der Waals surface area contributed by atoms with E-state index in [2.05, 4.69) is 72.0 Å². The van der Waals surface area contributed by atoms with Crippen molar-refractivity contribution in [2.24, 2.45) is 15.9 Å². The highest BCUT2D eigenvalue weighted by Crippen LogP contribution is 2.38. The van der Waals surface area contributed by atoms with Crippen molar-refractivity contribution >= 4 is 22.3 Å². The van der Waals surface area contributed by atoms with E-state index in [4.69, 9.17) is 9.97 Å². The van der Waals surface area contributed by atoms with Crippen molar-refractivity contribution < 1.29 is 0 Å². The highest BCUT2D eigenvalue weighted by atomic mass is 15.1. The summed E-state index contributed by atoms with van der Waals surface area (Å²) in [7, 11) is 0. The van der Waals surface area contributed by atoms with Gasteiger partial charge in [-0.3, -0.25) is 9.98 Å². The Morgan fingerprint density at radius 1 is 0.795 bits per heavy atom. The molecular formula is C34H46N10. The van der Waals surface area contributed by atoms with Crippen molar-refractivity contribution in [2.75, 3.05) is 13.1 Å². The van der Waals surface area contributed by atoms with E-state index in [0.717, 1.165) is 70.5 Å². The monoisotopic (exact) mass is 594 g/mol. The smallest absolute Gasteiger partial charge is 0.176 e. The summed E-state index contributed by atoms with van der Waals surface area (Å²) in [5, 5.41) is 0. The molecule has 1 aromatic carbocycles. The Labute approximate surface area is 258 Å². The number of nitrogens with one attached hydrogen (secondary N) is 2. The van der Waals surface area contributed by atoms with Crippen LogP contribution in [0.3, 0.4) is 0 Å². The Morgan fingerprint density at radius 3 is 2.07 bits per heavy atom. The number of hydrogen-bond acceptors (Lipinski definition) is 6. The van der Waals surface area contributed by atoms with Crippen LogP contribution in [0, 0.1) is 5.92 Å². The van der Waals surface area contributed by atoms with Gasteiger partial charge in [-0.1, -0.05) is 63.4 Å². The van der Waals surface area contributed by atoms with Crippen LogP contribution in [-0.2, 0) is 13.1 Å². The van der Waals surface area contributed by atoms with Gasteiger partial charge in [-0.25, -0.2) is 19.9 Å². The minimum absolute atomic E-state index is 0.340. The Kier molecular flexibility index (Phi) is 9.33. The van der Waals surface area contributed by atoms with E-state index in [1.165, 1.54) is 50.5 Å². The highest BCUT2D eigenvalue weighted by Gasteiger charge is 2.28. The van der Waals surface area contributed by atoms with Crippen LogP contribution in [-0.4, -0.2) is 52.1 Å².